The summed E-state index contributed by atoms with van der Waals surface area (Å²) in [5.41, 5.74) is 2.11. The Bertz CT molecular complexity index is 586. The Labute approximate surface area is 129 Å². The number of rotatable bonds is 5. The van der Waals surface area contributed by atoms with Crippen molar-refractivity contribution in [2.75, 3.05) is 7.11 Å². The van der Waals surface area contributed by atoms with Crippen molar-refractivity contribution in [3.05, 3.63) is 63.6 Å². The van der Waals surface area contributed by atoms with E-state index in [4.69, 9.17) is 27.9 Å². The van der Waals surface area contributed by atoms with Gasteiger partial charge in [-0.1, -0.05) is 41.4 Å². The van der Waals surface area contributed by atoms with Crippen molar-refractivity contribution in [2.45, 2.75) is 19.5 Å². The monoisotopic (exact) mass is 309 g/mol. The summed E-state index contributed by atoms with van der Waals surface area (Å²) in [5, 5.41) is 4.84. The molecule has 0 radical (unpaired) electrons. The molecule has 0 aliphatic carbocycles. The SMILES string of the molecule is COc1ccccc1CNC(C)c1cc(Cl)ccc1Cl. The zero-order chi connectivity index (χ0) is 14.5. The van der Waals surface area contributed by atoms with Gasteiger partial charge in [0.05, 0.1) is 7.11 Å². The summed E-state index contributed by atoms with van der Waals surface area (Å²) in [7, 11) is 1.68. The van der Waals surface area contributed by atoms with Crippen LogP contribution in [0.5, 0.6) is 5.75 Å². The summed E-state index contributed by atoms with van der Waals surface area (Å²) in [6, 6.07) is 13.6. The molecule has 0 heterocycles. The third-order valence-corrected chi connectivity index (χ3v) is 3.80. The van der Waals surface area contributed by atoms with Gasteiger partial charge in [0, 0.05) is 28.2 Å². The number of benzene rings is 2. The van der Waals surface area contributed by atoms with Crippen molar-refractivity contribution < 1.29 is 4.74 Å². The quantitative estimate of drug-likeness (QED) is 0.852. The minimum absolute atomic E-state index is 0.103. The molecule has 0 aliphatic heterocycles. The summed E-state index contributed by atoms with van der Waals surface area (Å²) in [6.45, 7) is 2.76. The lowest BCUT2D eigenvalue weighted by Crippen LogP contribution is -2.18. The molecule has 2 nitrogen and oxygen atoms in total. The Morgan fingerprint density at radius 1 is 1.15 bits per heavy atom. The number of halogens is 2. The molecule has 0 spiro atoms. The Morgan fingerprint density at radius 3 is 2.65 bits per heavy atom. The lowest BCUT2D eigenvalue weighted by atomic mass is 10.1. The fourth-order valence-electron chi connectivity index (χ4n) is 2.07. The zero-order valence-corrected chi connectivity index (χ0v) is 13.0. The molecule has 2 aromatic carbocycles. The van der Waals surface area contributed by atoms with Gasteiger partial charge in [-0.2, -0.15) is 0 Å². The minimum atomic E-state index is 0.103. The predicted octanol–water partition coefficient (Wildman–Crippen LogP) is 4.85. The first-order chi connectivity index (χ1) is 9.61. The third-order valence-electron chi connectivity index (χ3n) is 3.22. The standard InChI is InChI=1S/C16H17Cl2NO/c1-11(14-9-13(17)7-8-15(14)18)19-10-12-5-3-4-6-16(12)20-2/h3-9,11,19H,10H2,1-2H3. The van der Waals surface area contributed by atoms with Crippen molar-refractivity contribution in [1.29, 1.82) is 0 Å². The van der Waals surface area contributed by atoms with Crippen LogP contribution in [0.25, 0.3) is 0 Å². The van der Waals surface area contributed by atoms with Crippen molar-refractivity contribution in [3.63, 3.8) is 0 Å². The van der Waals surface area contributed by atoms with Crippen LogP contribution in [0.4, 0.5) is 0 Å². The molecule has 0 bridgehead atoms. The van der Waals surface area contributed by atoms with E-state index >= 15 is 0 Å². The van der Waals surface area contributed by atoms with Crippen molar-refractivity contribution in [1.82, 2.24) is 5.32 Å². The van der Waals surface area contributed by atoms with Crippen LogP contribution in [0.15, 0.2) is 42.5 Å². The number of nitrogens with one attached hydrogen (secondary N) is 1. The van der Waals surface area contributed by atoms with E-state index in [2.05, 4.69) is 12.2 Å². The molecule has 0 aliphatic rings. The molecule has 1 atom stereocenters. The number of methoxy groups -OCH3 is 1. The van der Waals surface area contributed by atoms with Gasteiger partial charge in [-0.15, -0.1) is 0 Å². The molecule has 2 rings (SSSR count). The van der Waals surface area contributed by atoms with E-state index < -0.39 is 0 Å². The first-order valence-electron chi connectivity index (χ1n) is 6.42. The first-order valence-corrected chi connectivity index (χ1v) is 7.17. The molecule has 0 saturated heterocycles. The molecule has 0 aromatic heterocycles. The summed E-state index contributed by atoms with van der Waals surface area (Å²) < 4.78 is 5.34. The highest BCUT2D eigenvalue weighted by atomic mass is 35.5. The van der Waals surface area contributed by atoms with Gasteiger partial charge in [-0.05, 0) is 36.8 Å². The average molecular weight is 310 g/mol. The smallest absolute Gasteiger partial charge is 0.123 e. The maximum Gasteiger partial charge on any atom is 0.123 e. The Balaban J connectivity index is 2.08. The highest BCUT2D eigenvalue weighted by Crippen LogP contribution is 2.27. The van der Waals surface area contributed by atoms with Gasteiger partial charge >= 0.3 is 0 Å². The van der Waals surface area contributed by atoms with Gasteiger partial charge in [-0.3, -0.25) is 0 Å². The van der Waals surface area contributed by atoms with Gasteiger partial charge in [0.1, 0.15) is 5.75 Å². The van der Waals surface area contributed by atoms with Crippen LogP contribution < -0.4 is 10.1 Å². The van der Waals surface area contributed by atoms with Crippen LogP contribution in [0.1, 0.15) is 24.1 Å². The molecule has 2 aromatic rings. The lowest BCUT2D eigenvalue weighted by Gasteiger charge is -2.17. The second kappa shape index (κ2) is 6.98. The van der Waals surface area contributed by atoms with Crippen LogP contribution in [-0.4, -0.2) is 7.11 Å². The molecule has 0 amide bonds. The largest absolute Gasteiger partial charge is 0.496 e. The van der Waals surface area contributed by atoms with Gasteiger partial charge < -0.3 is 10.1 Å². The van der Waals surface area contributed by atoms with Gasteiger partial charge in [0.25, 0.3) is 0 Å². The summed E-state index contributed by atoms with van der Waals surface area (Å²) in [5.74, 6) is 0.879. The van der Waals surface area contributed by atoms with E-state index in [1.165, 1.54) is 0 Å². The summed E-state index contributed by atoms with van der Waals surface area (Å²) in [4.78, 5) is 0. The highest BCUT2D eigenvalue weighted by molar-refractivity contribution is 6.33. The summed E-state index contributed by atoms with van der Waals surface area (Å²) >= 11 is 12.2. The normalized spacial score (nSPS) is 12.2. The maximum absolute atomic E-state index is 6.21. The number of hydrogen-bond acceptors (Lipinski definition) is 2. The number of ether oxygens (including phenoxy) is 1. The van der Waals surface area contributed by atoms with Crippen LogP contribution in [-0.2, 0) is 6.54 Å². The molecular weight excluding hydrogens is 293 g/mol. The van der Waals surface area contributed by atoms with E-state index in [9.17, 15) is 0 Å². The fourth-order valence-corrected chi connectivity index (χ4v) is 2.53. The Hall–Kier alpha value is -1.22. The number of hydrogen-bond donors (Lipinski definition) is 1. The van der Waals surface area contributed by atoms with Crippen molar-refractivity contribution in [2.24, 2.45) is 0 Å². The molecular formula is C16H17Cl2NO. The van der Waals surface area contributed by atoms with Gasteiger partial charge in [-0.25, -0.2) is 0 Å². The van der Waals surface area contributed by atoms with E-state index in [0.717, 1.165) is 21.9 Å². The molecule has 20 heavy (non-hydrogen) atoms. The van der Waals surface area contributed by atoms with Crippen LogP contribution in [0.3, 0.4) is 0 Å². The average Bonchev–Trinajstić information content (AvgIpc) is 2.47. The minimum Gasteiger partial charge on any atom is -0.496 e. The zero-order valence-electron chi connectivity index (χ0n) is 11.5. The van der Waals surface area contributed by atoms with Gasteiger partial charge in [0.2, 0.25) is 0 Å². The van der Waals surface area contributed by atoms with E-state index in [1.54, 1.807) is 13.2 Å². The van der Waals surface area contributed by atoms with E-state index in [0.29, 0.717) is 11.6 Å². The van der Waals surface area contributed by atoms with Crippen LogP contribution in [0.2, 0.25) is 10.0 Å². The van der Waals surface area contributed by atoms with Gasteiger partial charge in [0.15, 0.2) is 0 Å². The summed E-state index contributed by atoms with van der Waals surface area (Å²) in [6.07, 6.45) is 0. The first kappa shape index (κ1) is 15.2. The molecule has 4 heteroatoms. The predicted molar refractivity (Wildman–Crippen MR) is 84.7 cm³/mol. The van der Waals surface area contributed by atoms with Crippen molar-refractivity contribution >= 4 is 23.2 Å². The van der Waals surface area contributed by atoms with E-state index in [-0.39, 0.29) is 6.04 Å². The maximum atomic E-state index is 6.21. The topological polar surface area (TPSA) is 21.3 Å². The third kappa shape index (κ3) is 3.66. The molecule has 1 unspecified atom stereocenters. The van der Waals surface area contributed by atoms with Crippen LogP contribution in [0, 0.1) is 0 Å². The molecule has 1 N–H and O–H groups in total. The second-order valence-electron chi connectivity index (χ2n) is 4.58. The van der Waals surface area contributed by atoms with Crippen molar-refractivity contribution in [3.8, 4) is 5.75 Å². The van der Waals surface area contributed by atoms with E-state index in [1.807, 2.05) is 36.4 Å². The van der Waals surface area contributed by atoms with Crippen LogP contribution >= 0.6 is 23.2 Å². The molecule has 0 saturated carbocycles. The molecule has 106 valence electrons. The molecule has 0 fully saturated rings. The fraction of sp³-hybridized carbons (Fsp3) is 0.250. The Morgan fingerprint density at radius 2 is 1.90 bits per heavy atom. The Kier molecular flexibility index (Phi) is 5.30. The lowest BCUT2D eigenvalue weighted by molar-refractivity contribution is 0.406. The second-order valence-corrected chi connectivity index (χ2v) is 5.42. The number of para-hydroxylation sites is 1. The highest BCUT2D eigenvalue weighted by Gasteiger charge is 2.11.